The summed E-state index contributed by atoms with van der Waals surface area (Å²) in [4.78, 5) is 17.3. The highest BCUT2D eigenvalue weighted by Crippen LogP contribution is 2.32. The lowest BCUT2D eigenvalue weighted by atomic mass is 9.98. The molecule has 4 rings (SSSR count). The van der Waals surface area contributed by atoms with Crippen LogP contribution >= 0.6 is 12.4 Å². The van der Waals surface area contributed by atoms with Crippen molar-refractivity contribution in [2.45, 2.75) is 32.5 Å². The molecule has 1 unspecified atom stereocenters. The van der Waals surface area contributed by atoms with Crippen LogP contribution < -0.4 is 10.1 Å². The summed E-state index contributed by atoms with van der Waals surface area (Å²) in [6.07, 6.45) is 2.65. The number of aryl methyl sites for hydroxylation is 1. The molecule has 0 bridgehead atoms. The highest BCUT2D eigenvalue weighted by atomic mass is 35.5. The van der Waals surface area contributed by atoms with Gasteiger partial charge in [-0.3, -0.25) is 9.69 Å². The van der Waals surface area contributed by atoms with Gasteiger partial charge in [0.1, 0.15) is 12.3 Å². The maximum atomic E-state index is 12.6. The summed E-state index contributed by atoms with van der Waals surface area (Å²) in [5.74, 6) is 0.799. The molecule has 1 saturated heterocycles. The minimum absolute atomic E-state index is 0. The lowest BCUT2D eigenvalue weighted by Crippen LogP contribution is -2.43. The van der Waals surface area contributed by atoms with Gasteiger partial charge in [-0.05, 0) is 20.0 Å². The summed E-state index contributed by atoms with van der Waals surface area (Å²) in [6, 6.07) is 6.07. The zero-order chi connectivity index (χ0) is 19.5. The zero-order valence-electron chi connectivity index (χ0n) is 17.0. The van der Waals surface area contributed by atoms with Crippen molar-refractivity contribution in [3.63, 3.8) is 0 Å². The Bertz CT molecular complexity index is 834. The number of likely N-dealkylation sites (N-methyl/N-ethyl adjacent to an activating group) is 1. The maximum absolute atomic E-state index is 12.6. The Hall–Kier alpha value is -2.16. The molecule has 1 aromatic heterocycles. The van der Waals surface area contributed by atoms with Gasteiger partial charge in [0, 0.05) is 44.7 Å². The minimum Gasteiger partial charge on any atom is -0.493 e. The fourth-order valence-corrected chi connectivity index (χ4v) is 3.77. The first kappa shape index (κ1) is 21.5. The summed E-state index contributed by atoms with van der Waals surface area (Å²) >= 11 is 0. The number of ether oxygens (including phenoxy) is 1. The van der Waals surface area contributed by atoms with Crippen molar-refractivity contribution in [1.82, 2.24) is 30.1 Å². The number of piperazine rings is 1. The summed E-state index contributed by atoms with van der Waals surface area (Å²) < 4.78 is 7.33. The van der Waals surface area contributed by atoms with Crippen LogP contribution in [0.2, 0.25) is 0 Å². The van der Waals surface area contributed by atoms with Gasteiger partial charge in [0.05, 0.1) is 24.5 Å². The second kappa shape index (κ2) is 9.56. The van der Waals surface area contributed by atoms with Gasteiger partial charge in [-0.1, -0.05) is 22.9 Å². The van der Waals surface area contributed by atoms with Crippen LogP contribution in [0.25, 0.3) is 0 Å². The van der Waals surface area contributed by atoms with Gasteiger partial charge in [-0.2, -0.15) is 0 Å². The van der Waals surface area contributed by atoms with Crippen molar-refractivity contribution in [2.75, 3.05) is 39.8 Å². The number of hydrogen-bond donors (Lipinski definition) is 1. The molecule has 0 spiro atoms. The largest absolute Gasteiger partial charge is 0.493 e. The van der Waals surface area contributed by atoms with Crippen molar-refractivity contribution in [2.24, 2.45) is 0 Å². The van der Waals surface area contributed by atoms with E-state index in [4.69, 9.17) is 4.74 Å². The van der Waals surface area contributed by atoms with Crippen LogP contribution in [0, 0.1) is 6.92 Å². The fourth-order valence-electron chi connectivity index (χ4n) is 3.77. The summed E-state index contributed by atoms with van der Waals surface area (Å²) in [7, 11) is 2.14. The number of aromatic nitrogens is 3. The maximum Gasteiger partial charge on any atom is 0.242 e. The van der Waals surface area contributed by atoms with E-state index in [0.29, 0.717) is 6.61 Å². The Morgan fingerprint density at radius 2 is 2.07 bits per heavy atom. The van der Waals surface area contributed by atoms with E-state index in [-0.39, 0.29) is 30.9 Å². The number of nitrogens with zero attached hydrogens (tertiary/aromatic N) is 5. The molecule has 1 N–H and O–H groups in total. The first-order valence-electron chi connectivity index (χ1n) is 9.89. The normalized spacial score (nSPS) is 19.7. The molecule has 2 aliphatic heterocycles. The molecule has 3 heterocycles. The number of nitrogens with one attached hydrogen (secondary N) is 1. The summed E-state index contributed by atoms with van der Waals surface area (Å²) in [6.45, 7) is 7.82. The Kier molecular flexibility index (Phi) is 7.10. The van der Waals surface area contributed by atoms with E-state index >= 15 is 0 Å². The molecular weight excluding hydrogens is 392 g/mol. The average molecular weight is 421 g/mol. The first-order chi connectivity index (χ1) is 13.6. The second-order valence-corrected chi connectivity index (χ2v) is 7.79. The van der Waals surface area contributed by atoms with Gasteiger partial charge in [0.15, 0.2) is 0 Å². The van der Waals surface area contributed by atoms with Crippen molar-refractivity contribution < 1.29 is 9.53 Å². The second-order valence-electron chi connectivity index (χ2n) is 7.79. The van der Waals surface area contributed by atoms with E-state index in [2.05, 4.69) is 38.5 Å². The highest BCUT2D eigenvalue weighted by molar-refractivity contribution is 5.85. The molecule has 158 valence electrons. The number of rotatable bonds is 5. The number of benzene rings is 1. The Morgan fingerprint density at radius 3 is 2.86 bits per heavy atom. The molecule has 29 heavy (non-hydrogen) atoms. The SMILES string of the molecule is Cc1ccc2c(c1)C(NC(=O)Cn1cc(CN3CCN(C)CC3)nn1)CCO2.Cl. The van der Waals surface area contributed by atoms with Crippen molar-refractivity contribution >= 4 is 18.3 Å². The molecule has 1 fully saturated rings. The molecule has 0 saturated carbocycles. The monoisotopic (exact) mass is 420 g/mol. The van der Waals surface area contributed by atoms with E-state index in [9.17, 15) is 4.79 Å². The molecule has 0 radical (unpaired) electrons. The molecular formula is C20H29ClN6O2. The molecule has 0 aliphatic carbocycles. The molecule has 1 aromatic carbocycles. The standard InChI is InChI=1S/C20H28N6O2.ClH/c1-15-3-4-19-17(11-15)18(5-10-28-19)21-20(27)14-26-13-16(22-23-26)12-25-8-6-24(2)7-9-25;/h3-4,11,13,18H,5-10,12,14H2,1-2H3,(H,21,27);1H. The minimum atomic E-state index is -0.0598. The Labute approximate surface area is 177 Å². The molecule has 2 aromatic rings. The fraction of sp³-hybridized carbons (Fsp3) is 0.550. The number of amides is 1. The van der Waals surface area contributed by atoms with E-state index in [1.165, 1.54) is 0 Å². The molecule has 1 amide bonds. The lowest BCUT2D eigenvalue weighted by molar-refractivity contribution is -0.122. The number of hydrogen-bond acceptors (Lipinski definition) is 6. The number of halogens is 1. The van der Waals surface area contributed by atoms with E-state index in [1.54, 1.807) is 4.68 Å². The molecule has 2 aliphatic rings. The molecule has 8 nitrogen and oxygen atoms in total. The van der Waals surface area contributed by atoms with E-state index in [0.717, 1.165) is 61.7 Å². The predicted octanol–water partition coefficient (Wildman–Crippen LogP) is 1.40. The van der Waals surface area contributed by atoms with E-state index in [1.807, 2.05) is 25.3 Å². The lowest BCUT2D eigenvalue weighted by Gasteiger charge is -2.31. The van der Waals surface area contributed by atoms with Gasteiger partial charge in [0.25, 0.3) is 0 Å². The van der Waals surface area contributed by atoms with E-state index < -0.39 is 0 Å². The van der Waals surface area contributed by atoms with Crippen LogP contribution in [0.1, 0.15) is 29.3 Å². The van der Waals surface area contributed by atoms with Gasteiger partial charge in [0.2, 0.25) is 5.91 Å². The van der Waals surface area contributed by atoms with Crippen LogP contribution in [-0.4, -0.2) is 70.5 Å². The van der Waals surface area contributed by atoms with Gasteiger partial charge >= 0.3 is 0 Å². The van der Waals surface area contributed by atoms with Gasteiger partial charge in [-0.25, -0.2) is 4.68 Å². The van der Waals surface area contributed by atoms with Crippen molar-refractivity contribution in [3.05, 3.63) is 41.2 Å². The zero-order valence-corrected chi connectivity index (χ0v) is 17.8. The smallest absolute Gasteiger partial charge is 0.242 e. The van der Waals surface area contributed by atoms with Crippen LogP contribution in [0.15, 0.2) is 24.4 Å². The van der Waals surface area contributed by atoms with Gasteiger partial charge < -0.3 is 15.0 Å². The predicted molar refractivity (Wildman–Crippen MR) is 112 cm³/mol. The van der Waals surface area contributed by atoms with Crippen LogP contribution in [0.3, 0.4) is 0 Å². The third-order valence-corrected chi connectivity index (χ3v) is 5.41. The van der Waals surface area contributed by atoms with Gasteiger partial charge in [-0.15, -0.1) is 17.5 Å². The van der Waals surface area contributed by atoms with Crippen molar-refractivity contribution in [3.8, 4) is 5.75 Å². The molecule has 9 heteroatoms. The Morgan fingerprint density at radius 1 is 1.28 bits per heavy atom. The van der Waals surface area contributed by atoms with Crippen LogP contribution in [-0.2, 0) is 17.9 Å². The van der Waals surface area contributed by atoms with Crippen LogP contribution in [0.5, 0.6) is 5.75 Å². The first-order valence-corrected chi connectivity index (χ1v) is 9.89. The summed E-state index contributed by atoms with van der Waals surface area (Å²) in [5.41, 5.74) is 3.12. The van der Waals surface area contributed by atoms with Crippen molar-refractivity contribution in [1.29, 1.82) is 0 Å². The number of fused-ring (bicyclic) bond motifs is 1. The third kappa shape index (κ3) is 5.46. The Balaban J connectivity index is 0.00000240. The molecule has 1 atom stereocenters. The highest BCUT2D eigenvalue weighted by Gasteiger charge is 2.23. The topological polar surface area (TPSA) is 75.5 Å². The van der Waals surface area contributed by atoms with Crippen LogP contribution in [0.4, 0.5) is 0 Å². The number of carbonyl (C=O) groups is 1. The third-order valence-electron chi connectivity index (χ3n) is 5.41. The number of carbonyl (C=O) groups excluding carboxylic acids is 1. The summed E-state index contributed by atoms with van der Waals surface area (Å²) in [5, 5.41) is 11.5. The average Bonchev–Trinajstić information content (AvgIpc) is 3.11. The quantitative estimate of drug-likeness (QED) is 0.788.